The van der Waals surface area contributed by atoms with E-state index >= 15 is 0 Å². The second-order valence-corrected chi connectivity index (χ2v) is 7.93. The van der Waals surface area contributed by atoms with E-state index in [1.807, 2.05) is 0 Å². The molecular formula is C21H33N3O2. The normalized spacial score (nSPS) is 19.6. The van der Waals surface area contributed by atoms with Crippen LogP contribution in [0.2, 0.25) is 0 Å². The van der Waals surface area contributed by atoms with Crippen LogP contribution in [0.5, 0.6) is 0 Å². The molecule has 1 aromatic rings. The van der Waals surface area contributed by atoms with Crippen molar-refractivity contribution in [3.63, 3.8) is 0 Å². The number of aromatic nitrogens is 1. The number of fused-ring (bicyclic) bond motifs is 1. The van der Waals surface area contributed by atoms with Gasteiger partial charge in [-0.3, -0.25) is 9.69 Å². The van der Waals surface area contributed by atoms with Crippen molar-refractivity contribution in [1.29, 1.82) is 0 Å². The number of piperidine rings is 1. The third-order valence-electron chi connectivity index (χ3n) is 6.05. The van der Waals surface area contributed by atoms with Gasteiger partial charge >= 0.3 is 5.97 Å². The lowest BCUT2D eigenvalue weighted by molar-refractivity contribution is -0.143. The first kappa shape index (κ1) is 19.2. The van der Waals surface area contributed by atoms with Crippen LogP contribution < -0.4 is 5.32 Å². The zero-order valence-corrected chi connectivity index (χ0v) is 16.0. The zero-order chi connectivity index (χ0) is 18.4. The van der Waals surface area contributed by atoms with E-state index in [2.05, 4.69) is 22.3 Å². The highest BCUT2D eigenvalue weighted by Gasteiger charge is 2.25. The molecule has 0 saturated carbocycles. The van der Waals surface area contributed by atoms with E-state index in [1.165, 1.54) is 43.4 Å². The smallest absolute Gasteiger partial charge is 0.320 e. The Hall–Kier alpha value is -1.62. The number of carboxylic acid groups (broad SMARTS) is 1. The molecule has 0 unspecified atom stereocenters. The molecule has 0 aliphatic carbocycles. The van der Waals surface area contributed by atoms with Gasteiger partial charge in [0.25, 0.3) is 0 Å². The highest BCUT2D eigenvalue weighted by molar-refractivity contribution is 5.72. The van der Waals surface area contributed by atoms with E-state index < -0.39 is 5.97 Å². The van der Waals surface area contributed by atoms with Crippen molar-refractivity contribution in [2.24, 2.45) is 5.92 Å². The molecular weight excluding hydrogens is 326 g/mol. The highest BCUT2D eigenvalue weighted by atomic mass is 16.4. The van der Waals surface area contributed by atoms with Gasteiger partial charge in [-0.15, -0.1) is 0 Å². The standard InChI is InChI=1S/C21H33N3O2/c1-16(21(25)26)24-14-11-17(12-15-24)6-3-2-4-8-19-10-9-18-7-5-13-22-20(18)23-19/h9-10,16-17H,2-8,11-15H2,1H3,(H,22,23)(H,25,26)/t16-/m0/s1. The second-order valence-electron chi connectivity index (χ2n) is 7.93. The predicted molar refractivity (Wildman–Crippen MR) is 105 cm³/mol. The summed E-state index contributed by atoms with van der Waals surface area (Å²) in [5.74, 6) is 1.18. The minimum atomic E-state index is -0.700. The summed E-state index contributed by atoms with van der Waals surface area (Å²) < 4.78 is 0. The monoisotopic (exact) mass is 359 g/mol. The van der Waals surface area contributed by atoms with Crippen molar-refractivity contribution < 1.29 is 9.90 Å². The molecule has 1 saturated heterocycles. The number of carbonyl (C=O) groups is 1. The van der Waals surface area contributed by atoms with Gasteiger partial charge in [0.1, 0.15) is 11.9 Å². The molecule has 1 fully saturated rings. The lowest BCUT2D eigenvalue weighted by atomic mass is 9.90. The quantitative estimate of drug-likeness (QED) is 0.693. The van der Waals surface area contributed by atoms with Gasteiger partial charge < -0.3 is 10.4 Å². The molecule has 3 rings (SSSR count). The summed E-state index contributed by atoms with van der Waals surface area (Å²) in [5.41, 5.74) is 2.58. The second kappa shape index (κ2) is 9.36. The van der Waals surface area contributed by atoms with Crippen molar-refractivity contribution in [3.8, 4) is 0 Å². The molecule has 3 heterocycles. The fourth-order valence-electron chi connectivity index (χ4n) is 4.21. The number of unbranched alkanes of at least 4 members (excludes halogenated alkanes) is 2. The average Bonchev–Trinajstić information content (AvgIpc) is 2.67. The van der Waals surface area contributed by atoms with Crippen LogP contribution in [0.15, 0.2) is 12.1 Å². The van der Waals surface area contributed by atoms with E-state index in [4.69, 9.17) is 10.1 Å². The van der Waals surface area contributed by atoms with E-state index in [-0.39, 0.29) is 6.04 Å². The van der Waals surface area contributed by atoms with E-state index in [1.54, 1.807) is 6.92 Å². The van der Waals surface area contributed by atoms with Crippen LogP contribution in [0.25, 0.3) is 0 Å². The van der Waals surface area contributed by atoms with Crippen LogP contribution in [0.1, 0.15) is 63.1 Å². The number of aryl methyl sites for hydroxylation is 2. The Kier molecular flexibility index (Phi) is 6.89. The Labute approximate surface area is 157 Å². The number of aliphatic carboxylic acids is 1. The first-order valence-electron chi connectivity index (χ1n) is 10.3. The molecule has 0 spiro atoms. The van der Waals surface area contributed by atoms with Gasteiger partial charge in [-0.2, -0.15) is 0 Å². The fraction of sp³-hybridized carbons (Fsp3) is 0.714. The van der Waals surface area contributed by atoms with Gasteiger partial charge in [0.15, 0.2) is 0 Å². The molecule has 1 atom stereocenters. The van der Waals surface area contributed by atoms with Crippen molar-refractivity contribution in [1.82, 2.24) is 9.88 Å². The van der Waals surface area contributed by atoms with Gasteiger partial charge in [0.2, 0.25) is 0 Å². The highest BCUT2D eigenvalue weighted by Crippen LogP contribution is 2.25. The van der Waals surface area contributed by atoms with Crippen LogP contribution in [-0.4, -0.2) is 46.6 Å². The van der Waals surface area contributed by atoms with Crippen LogP contribution in [0.3, 0.4) is 0 Å². The number of carboxylic acids is 1. The number of hydrogen-bond acceptors (Lipinski definition) is 4. The topological polar surface area (TPSA) is 65.5 Å². The van der Waals surface area contributed by atoms with Gasteiger partial charge in [-0.25, -0.2) is 4.98 Å². The Morgan fingerprint density at radius 2 is 2.12 bits per heavy atom. The Morgan fingerprint density at radius 1 is 1.31 bits per heavy atom. The number of nitrogens with one attached hydrogen (secondary N) is 1. The molecule has 5 nitrogen and oxygen atoms in total. The zero-order valence-electron chi connectivity index (χ0n) is 16.0. The van der Waals surface area contributed by atoms with Crippen LogP contribution in [0, 0.1) is 5.92 Å². The van der Waals surface area contributed by atoms with E-state index in [0.717, 1.165) is 57.1 Å². The number of nitrogens with zero attached hydrogens (tertiary/aromatic N) is 2. The number of rotatable bonds is 8. The van der Waals surface area contributed by atoms with Gasteiger partial charge in [-0.1, -0.05) is 25.3 Å². The lowest BCUT2D eigenvalue weighted by Gasteiger charge is -2.34. The summed E-state index contributed by atoms with van der Waals surface area (Å²) in [4.78, 5) is 18.0. The summed E-state index contributed by atoms with van der Waals surface area (Å²) in [6.45, 7) is 4.72. The van der Waals surface area contributed by atoms with Crippen LogP contribution >= 0.6 is 0 Å². The lowest BCUT2D eigenvalue weighted by Crippen LogP contribution is -2.43. The molecule has 2 aliphatic rings. The molecule has 5 heteroatoms. The first-order valence-corrected chi connectivity index (χ1v) is 10.3. The number of likely N-dealkylation sites (tertiary alicyclic amines) is 1. The van der Waals surface area contributed by atoms with Gasteiger partial charge in [0, 0.05) is 12.2 Å². The summed E-state index contributed by atoms with van der Waals surface area (Å²) in [5, 5.41) is 12.5. The third kappa shape index (κ3) is 5.19. The third-order valence-corrected chi connectivity index (χ3v) is 6.05. The van der Waals surface area contributed by atoms with Gasteiger partial charge in [-0.05, 0) is 76.1 Å². The minimum absolute atomic E-state index is 0.338. The molecule has 2 aliphatic heterocycles. The van der Waals surface area contributed by atoms with Crippen LogP contribution in [-0.2, 0) is 17.6 Å². The van der Waals surface area contributed by atoms with Crippen molar-refractivity contribution in [3.05, 3.63) is 23.4 Å². The molecule has 0 aromatic carbocycles. The van der Waals surface area contributed by atoms with E-state index in [0.29, 0.717) is 0 Å². The minimum Gasteiger partial charge on any atom is -0.480 e. The average molecular weight is 360 g/mol. The molecule has 0 radical (unpaired) electrons. The Bertz CT molecular complexity index is 597. The van der Waals surface area contributed by atoms with Gasteiger partial charge in [0.05, 0.1) is 0 Å². The van der Waals surface area contributed by atoms with Crippen LogP contribution in [0.4, 0.5) is 5.82 Å². The summed E-state index contributed by atoms with van der Waals surface area (Å²) in [6.07, 6.45) is 10.8. The number of pyridine rings is 1. The summed E-state index contributed by atoms with van der Waals surface area (Å²) >= 11 is 0. The predicted octanol–water partition coefficient (Wildman–Crippen LogP) is 3.73. The molecule has 1 aromatic heterocycles. The van der Waals surface area contributed by atoms with Crippen molar-refractivity contribution in [2.45, 2.75) is 70.8 Å². The Balaban J connectivity index is 1.30. The SMILES string of the molecule is C[C@@H](C(=O)O)N1CCC(CCCCCc2ccc3c(n2)NCCC3)CC1. The summed E-state index contributed by atoms with van der Waals surface area (Å²) in [7, 11) is 0. The van der Waals surface area contributed by atoms with Crippen molar-refractivity contribution in [2.75, 3.05) is 25.0 Å². The maximum Gasteiger partial charge on any atom is 0.320 e. The number of hydrogen-bond donors (Lipinski definition) is 2. The molecule has 144 valence electrons. The molecule has 26 heavy (non-hydrogen) atoms. The molecule has 2 N–H and O–H groups in total. The maximum absolute atomic E-state index is 11.1. The summed E-state index contributed by atoms with van der Waals surface area (Å²) in [6, 6.07) is 4.11. The first-order chi connectivity index (χ1) is 12.6. The fourth-order valence-corrected chi connectivity index (χ4v) is 4.21. The van der Waals surface area contributed by atoms with Crippen molar-refractivity contribution >= 4 is 11.8 Å². The maximum atomic E-state index is 11.1. The molecule has 0 bridgehead atoms. The largest absolute Gasteiger partial charge is 0.480 e. The Morgan fingerprint density at radius 3 is 2.88 bits per heavy atom. The number of anilines is 1. The molecule has 0 amide bonds. The van der Waals surface area contributed by atoms with E-state index in [9.17, 15) is 4.79 Å².